The summed E-state index contributed by atoms with van der Waals surface area (Å²) in [6.07, 6.45) is 0. The van der Waals surface area contributed by atoms with Gasteiger partial charge in [-0.15, -0.1) is 0 Å². The van der Waals surface area contributed by atoms with Crippen LogP contribution in [-0.4, -0.2) is 7.11 Å². The molecule has 0 amide bonds. The van der Waals surface area contributed by atoms with Gasteiger partial charge >= 0.3 is 8.38 Å². The van der Waals surface area contributed by atoms with Crippen LogP contribution in [0.25, 0.3) is 11.1 Å². The van der Waals surface area contributed by atoms with Gasteiger partial charge in [0, 0.05) is 29.1 Å². The molecule has 6 rings (SSSR count). The molecular weight excluding hydrogens is 955 g/mol. The Labute approximate surface area is 460 Å². The van der Waals surface area contributed by atoms with Crippen molar-refractivity contribution in [1.82, 2.24) is 0 Å². The van der Waals surface area contributed by atoms with E-state index in [-0.39, 0.29) is 43.3 Å². The second-order valence-electron chi connectivity index (χ2n) is 28.8. The lowest BCUT2D eigenvalue weighted by Crippen LogP contribution is -2.20. The highest BCUT2D eigenvalue weighted by atomic mass is 31.2. The maximum atomic E-state index is 7.11. The van der Waals surface area contributed by atoms with Gasteiger partial charge in [0.1, 0.15) is 17.2 Å². The Balaban J connectivity index is 0.000000642. The first kappa shape index (κ1) is 61.4. The maximum Gasteiger partial charge on any atom is 0.326 e. The fourth-order valence-corrected chi connectivity index (χ4v) is 11.0. The molecule has 6 aromatic carbocycles. The van der Waals surface area contributed by atoms with E-state index in [0.717, 1.165) is 39.0 Å². The first-order valence-corrected chi connectivity index (χ1v) is 29.5. The van der Waals surface area contributed by atoms with Crippen LogP contribution in [0.3, 0.4) is 0 Å². The van der Waals surface area contributed by atoms with Gasteiger partial charge in [-0.25, -0.2) is 0 Å². The summed E-state index contributed by atoms with van der Waals surface area (Å²) in [5.74, 6) is 2.58. The Hall–Kier alpha value is -4.46. The van der Waals surface area contributed by atoms with E-state index < -0.39 is 16.8 Å². The lowest BCUT2D eigenvalue weighted by molar-refractivity contribution is 0.400. The van der Waals surface area contributed by atoms with Crippen molar-refractivity contribution in [1.29, 1.82) is 0 Å². The number of hydrogen-bond donors (Lipinski definition) is 0. The van der Waals surface area contributed by atoms with Crippen LogP contribution >= 0.6 is 16.8 Å². The van der Waals surface area contributed by atoms with E-state index in [1.165, 1.54) is 44.5 Å². The molecule has 0 aliphatic heterocycles. The van der Waals surface area contributed by atoms with Gasteiger partial charge in [-0.2, -0.15) is 0 Å². The van der Waals surface area contributed by atoms with Crippen LogP contribution in [0.4, 0.5) is 0 Å². The van der Waals surface area contributed by atoms with Gasteiger partial charge in [0.25, 0.3) is 8.38 Å². The summed E-state index contributed by atoms with van der Waals surface area (Å²) < 4.78 is 26.9. The van der Waals surface area contributed by atoms with Crippen LogP contribution in [0.5, 0.6) is 17.2 Å². The minimum atomic E-state index is -1.58. The molecule has 0 N–H and O–H groups in total. The van der Waals surface area contributed by atoms with Crippen LogP contribution in [0, 0.1) is 0 Å². The predicted octanol–water partition coefficient (Wildman–Crippen LogP) is 20.2. The van der Waals surface area contributed by atoms with Crippen LogP contribution in [0.1, 0.15) is 211 Å². The van der Waals surface area contributed by atoms with Crippen molar-refractivity contribution in [3.63, 3.8) is 0 Å². The topological polar surface area (TPSA) is 36.9 Å². The van der Waals surface area contributed by atoms with E-state index in [0.29, 0.717) is 0 Å². The Kier molecular flexibility index (Phi) is 18.7. The SMILES string of the molecule is CC(C)(C)c1cccc(C(C)(C)C)c1.COP(Oc1ccc(C(C)(C)C)cc1C(C)(C)C)c1ccc(-c2ccc(P(Oc3ccc(C(C)(C)C)cc3C(C)(C)C)Oc3ccc(C(C)(C)C)cc3C(C)(C)C)cc2)cc1. The van der Waals surface area contributed by atoms with Gasteiger partial charge in [0.15, 0.2) is 0 Å². The molecule has 0 saturated heterocycles. The van der Waals surface area contributed by atoms with E-state index in [1.807, 2.05) is 0 Å². The molecule has 0 saturated carbocycles. The molecule has 1 unspecified atom stereocenters. The zero-order valence-corrected chi connectivity index (χ0v) is 52.9. The van der Waals surface area contributed by atoms with Crippen molar-refractivity contribution in [2.75, 3.05) is 7.11 Å². The third-order valence-corrected chi connectivity index (χ3v) is 16.6. The van der Waals surface area contributed by atoms with Crippen LogP contribution in [-0.2, 0) is 47.8 Å². The van der Waals surface area contributed by atoms with Gasteiger partial charge < -0.3 is 18.1 Å². The van der Waals surface area contributed by atoms with Crippen LogP contribution < -0.4 is 24.2 Å². The Morgan fingerprint density at radius 2 is 0.520 bits per heavy atom. The molecular formula is C69H96O4P2. The molecule has 6 heteroatoms. The molecule has 0 spiro atoms. The van der Waals surface area contributed by atoms with Crippen LogP contribution in [0.15, 0.2) is 127 Å². The quantitative estimate of drug-likeness (QED) is 0.128. The highest BCUT2D eigenvalue weighted by molar-refractivity contribution is 7.57. The Morgan fingerprint density at radius 1 is 0.267 bits per heavy atom. The van der Waals surface area contributed by atoms with E-state index in [2.05, 4.69) is 294 Å². The molecule has 0 heterocycles. The summed E-state index contributed by atoms with van der Waals surface area (Å²) >= 11 is 0. The third kappa shape index (κ3) is 16.5. The molecule has 1 atom stereocenters. The first-order chi connectivity index (χ1) is 34.2. The zero-order chi connectivity index (χ0) is 56.5. The summed E-state index contributed by atoms with van der Waals surface area (Å²) in [5, 5.41) is 2.01. The van der Waals surface area contributed by atoms with E-state index in [9.17, 15) is 0 Å². The molecule has 0 fully saturated rings. The fraction of sp³-hybridized carbons (Fsp3) is 0.478. The minimum Gasteiger partial charge on any atom is -0.444 e. The molecule has 6 aromatic rings. The van der Waals surface area contributed by atoms with Gasteiger partial charge in [-0.05, 0) is 125 Å². The highest BCUT2D eigenvalue weighted by Crippen LogP contribution is 2.48. The standard InChI is InChI=1S/C55H74O4P2.C14H22/c1-50(2,3)39-24-31-47(44(34-39)53(10,11)12)57-60(56-19)42-27-20-37(21-28-42)38-22-29-43(30-23-38)61(58-48-32-25-40(51(4,5)6)35-45(48)54(13,14)15)59-49-33-26-41(52(7,8)9)36-46(49)55(16,17)18;1-13(2,3)11-8-7-9-12(10-11)14(4,5)6/h20-36H,1-19H3;7-10H,1-6H3. The summed E-state index contributed by atoms with van der Waals surface area (Å²) in [4.78, 5) is 0. The first-order valence-electron chi connectivity index (χ1n) is 27.1. The van der Waals surface area contributed by atoms with E-state index in [1.54, 1.807) is 7.11 Å². The van der Waals surface area contributed by atoms with Crippen molar-refractivity contribution in [2.24, 2.45) is 0 Å². The second-order valence-corrected chi connectivity index (χ2v) is 31.8. The summed E-state index contributed by atoms with van der Waals surface area (Å²) in [5.41, 5.74) is 12.6. The van der Waals surface area contributed by atoms with E-state index in [4.69, 9.17) is 18.1 Å². The van der Waals surface area contributed by atoms with Crippen molar-refractivity contribution in [2.45, 2.75) is 209 Å². The predicted molar refractivity (Wildman–Crippen MR) is 329 cm³/mol. The molecule has 0 aliphatic carbocycles. The smallest absolute Gasteiger partial charge is 0.326 e. The van der Waals surface area contributed by atoms with Crippen molar-refractivity contribution >= 4 is 27.4 Å². The van der Waals surface area contributed by atoms with Crippen molar-refractivity contribution in [3.8, 4) is 28.4 Å². The van der Waals surface area contributed by atoms with Crippen LogP contribution in [0.2, 0.25) is 0 Å². The molecule has 0 aliphatic rings. The normalized spacial score (nSPS) is 13.5. The lowest BCUT2D eigenvalue weighted by Gasteiger charge is -2.30. The van der Waals surface area contributed by atoms with Gasteiger partial charge in [0.2, 0.25) is 0 Å². The van der Waals surface area contributed by atoms with Gasteiger partial charge in [0.05, 0.1) is 5.30 Å². The fourth-order valence-electron chi connectivity index (χ4n) is 8.58. The van der Waals surface area contributed by atoms with Crippen molar-refractivity contribution in [3.05, 3.63) is 172 Å². The third-order valence-electron chi connectivity index (χ3n) is 13.8. The monoisotopic (exact) mass is 1050 g/mol. The lowest BCUT2D eigenvalue weighted by atomic mass is 9.80. The summed E-state index contributed by atoms with van der Waals surface area (Å²) in [6, 6.07) is 46.1. The number of rotatable bonds is 10. The molecule has 4 nitrogen and oxygen atoms in total. The maximum absolute atomic E-state index is 7.11. The average molecular weight is 1050 g/mol. The number of benzene rings is 6. The summed E-state index contributed by atoms with van der Waals surface area (Å²) in [7, 11) is -1.20. The molecule has 0 radical (unpaired) electrons. The molecule has 0 aromatic heterocycles. The second kappa shape index (κ2) is 22.9. The zero-order valence-electron chi connectivity index (χ0n) is 51.2. The van der Waals surface area contributed by atoms with Gasteiger partial charge in [-0.1, -0.05) is 251 Å². The van der Waals surface area contributed by atoms with Gasteiger partial charge in [-0.3, -0.25) is 0 Å². The minimum absolute atomic E-state index is 0.0108. The highest BCUT2D eigenvalue weighted by Gasteiger charge is 2.31. The summed E-state index contributed by atoms with van der Waals surface area (Å²) in [6.45, 7) is 54.1. The largest absolute Gasteiger partial charge is 0.444 e. The molecule has 406 valence electrons. The molecule has 75 heavy (non-hydrogen) atoms. The molecule has 0 bridgehead atoms. The Bertz CT molecular complexity index is 2730. The van der Waals surface area contributed by atoms with E-state index >= 15 is 0 Å². The average Bonchev–Trinajstić information content (AvgIpc) is 3.28. The Morgan fingerprint density at radius 3 is 0.773 bits per heavy atom. The van der Waals surface area contributed by atoms with Crippen molar-refractivity contribution < 1.29 is 18.1 Å². The number of hydrogen-bond acceptors (Lipinski definition) is 4.